The molecule has 0 atom stereocenters. The van der Waals surface area contributed by atoms with Gasteiger partial charge in [-0.3, -0.25) is 5.10 Å². The first-order chi connectivity index (χ1) is 13.6. The van der Waals surface area contributed by atoms with Crippen LogP contribution < -0.4 is 0 Å². The van der Waals surface area contributed by atoms with Gasteiger partial charge in [-0.1, -0.05) is 0 Å². The number of nitrogens with zero attached hydrogens (tertiary/aromatic N) is 3. The standard InChI is InChI=1S/C22H17IN4O/c1-11-8-12(9-15(23)22(11)28)21-14-5-3-2-4-13(14)19-16(25-21)6-7-17-20(19)18(10-24)27-26-17/h6-9,28H,2-5H2,1H3,(H,26,27). The van der Waals surface area contributed by atoms with E-state index in [2.05, 4.69) is 38.9 Å². The van der Waals surface area contributed by atoms with Crippen molar-refractivity contribution in [1.82, 2.24) is 15.2 Å². The predicted molar refractivity (Wildman–Crippen MR) is 117 cm³/mol. The van der Waals surface area contributed by atoms with Crippen molar-refractivity contribution >= 4 is 44.4 Å². The van der Waals surface area contributed by atoms with Gasteiger partial charge in [-0.25, -0.2) is 4.98 Å². The van der Waals surface area contributed by atoms with Crippen molar-refractivity contribution in [3.05, 3.63) is 50.2 Å². The molecule has 6 heteroatoms. The fourth-order valence-electron chi connectivity index (χ4n) is 4.32. The Kier molecular flexibility index (Phi) is 4.02. The van der Waals surface area contributed by atoms with Gasteiger partial charge in [0.15, 0.2) is 5.69 Å². The number of aromatic nitrogens is 3. The maximum atomic E-state index is 10.2. The number of fused-ring (bicyclic) bond motifs is 5. The second kappa shape index (κ2) is 6.45. The number of hydrogen-bond donors (Lipinski definition) is 2. The molecule has 1 aliphatic rings. The van der Waals surface area contributed by atoms with E-state index in [1.807, 2.05) is 31.2 Å². The van der Waals surface area contributed by atoms with Gasteiger partial charge in [-0.2, -0.15) is 10.4 Å². The van der Waals surface area contributed by atoms with E-state index in [1.165, 1.54) is 11.1 Å². The van der Waals surface area contributed by atoms with Crippen LogP contribution in [-0.2, 0) is 12.8 Å². The first-order valence-electron chi connectivity index (χ1n) is 9.30. The molecule has 5 nitrogen and oxygen atoms in total. The zero-order valence-corrected chi connectivity index (χ0v) is 17.5. The lowest BCUT2D eigenvalue weighted by molar-refractivity contribution is 0.467. The van der Waals surface area contributed by atoms with Gasteiger partial charge in [0.25, 0.3) is 0 Å². The molecular formula is C22H17IN4O. The number of aromatic amines is 1. The van der Waals surface area contributed by atoms with E-state index >= 15 is 0 Å². The number of halogens is 1. The minimum atomic E-state index is 0.331. The van der Waals surface area contributed by atoms with Crippen LogP contribution in [0.15, 0.2) is 24.3 Å². The average molecular weight is 480 g/mol. The quantitative estimate of drug-likeness (QED) is 0.369. The van der Waals surface area contributed by atoms with Crippen molar-refractivity contribution in [2.75, 3.05) is 0 Å². The molecule has 28 heavy (non-hydrogen) atoms. The summed E-state index contributed by atoms with van der Waals surface area (Å²) in [7, 11) is 0. The lowest BCUT2D eigenvalue weighted by Crippen LogP contribution is -2.08. The molecule has 2 N–H and O–H groups in total. The smallest absolute Gasteiger partial charge is 0.170 e. The molecule has 0 fully saturated rings. The van der Waals surface area contributed by atoms with Crippen LogP contribution in [-0.4, -0.2) is 20.3 Å². The van der Waals surface area contributed by atoms with Gasteiger partial charge in [0.1, 0.15) is 11.8 Å². The summed E-state index contributed by atoms with van der Waals surface area (Å²) in [5.41, 5.74) is 7.62. The van der Waals surface area contributed by atoms with Crippen LogP contribution >= 0.6 is 22.6 Å². The van der Waals surface area contributed by atoms with E-state index in [9.17, 15) is 10.4 Å². The molecule has 2 heterocycles. The third kappa shape index (κ3) is 2.49. The van der Waals surface area contributed by atoms with Crippen LogP contribution in [0.2, 0.25) is 0 Å². The zero-order valence-electron chi connectivity index (χ0n) is 15.3. The summed E-state index contributed by atoms with van der Waals surface area (Å²) >= 11 is 2.17. The van der Waals surface area contributed by atoms with E-state index < -0.39 is 0 Å². The summed E-state index contributed by atoms with van der Waals surface area (Å²) in [5, 5.41) is 28.8. The van der Waals surface area contributed by atoms with E-state index in [-0.39, 0.29) is 0 Å². The highest BCUT2D eigenvalue weighted by atomic mass is 127. The Balaban J connectivity index is 1.91. The third-order valence-electron chi connectivity index (χ3n) is 5.63. The molecule has 0 spiro atoms. The Labute approximate surface area is 175 Å². The van der Waals surface area contributed by atoms with E-state index in [0.29, 0.717) is 11.4 Å². The second-order valence-electron chi connectivity index (χ2n) is 7.31. The highest BCUT2D eigenvalue weighted by Crippen LogP contribution is 2.40. The molecule has 0 amide bonds. The molecule has 2 aromatic heterocycles. The highest BCUT2D eigenvalue weighted by molar-refractivity contribution is 14.1. The number of nitrogens with one attached hydrogen (secondary N) is 1. The molecule has 0 saturated heterocycles. The molecule has 0 unspecified atom stereocenters. The Morgan fingerprint density at radius 2 is 1.93 bits per heavy atom. The number of phenols is 1. The topological polar surface area (TPSA) is 85.6 Å². The molecule has 4 aromatic rings. The van der Waals surface area contributed by atoms with E-state index in [1.54, 1.807) is 0 Å². The molecule has 1 aliphatic carbocycles. The molecule has 5 rings (SSSR count). The summed E-state index contributed by atoms with van der Waals surface area (Å²) in [5.74, 6) is 0.331. The summed E-state index contributed by atoms with van der Waals surface area (Å²) in [6.45, 7) is 1.92. The summed E-state index contributed by atoms with van der Waals surface area (Å²) in [6, 6.07) is 10.2. The van der Waals surface area contributed by atoms with Crippen molar-refractivity contribution in [2.45, 2.75) is 32.6 Å². The number of H-pyrrole nitrogens is 1. The van der Waals surface area contributed by atoms with Gasteiger partial charge in [-0.15, -0.1) is 0 Å². The maximum absolute atomic E-state index is 10.2. The number of phenolic OH excluding ortho intramolecular Hbond substituents is 1. The second-order valence-corrected chi connectivity index (χ2v) is 8.48. The first kappa shape index (κ1) is 17.4. The van der Waals surface area contributed by atoms with Crippen LogP contribution in [0.1, 0.15) is 35.2 Å². The summed E-state index contributed by atoms with van der Waals surface area (Å²) in [4.78, 5) is 5.04. The third-order valence-corrected chi connectivity index (χ3v) is 6.45. The fourth-order valence-corrected chi connectivity index (χ4v) is 5.09. The van der Waals surface area contributed by atoms with Gasteiger partial charge in [-0.05, 0) is 96.2 Å². The lowest BCUT2D eigenvalue weighted by Gasteiger charge is -2.22. The van der Waals surface area contributed by atoms with Crippen LogP contribution in [0.3, 0.4) is 0 Å². The van der Waals surface area contributed by atoms with Gasteiger partial charge in [0, 0.05) is 16.3 Å². The molecule has 0 aliphatic heterocycles. The van der Waals surface area contributed by atoms with Crippen molar-refractivity contribution in [1.29, 1.82) is 5.26 Å². The average Bonchev–Trinajstić information content (AvgIpc) is 3.14. The monoisotopic (exact) mass is 480 g/mol. The Morgan fingerprint density at radius 1 is 1.14 bits per heavy atom. The zero-order chi connectivity index (χ0) is 19.4. The number of nitriles is 1. The minimum absolute atomic E-state index is 0.331. The largest absolute Gasteiger partial charge is 0.507 e. The number of rotatable bonds is 1. The minimum Gasteiger partial charge on any atom is -0.507 e. The van der Waals surface area contributed by atoms with E-state index in [0.717, 1.165) is 67.9 Å². The van der Waals surface area contributed by atoms with Crippen molar-refractivity contribution < 1.29 is 5.11 Å². The van der Waals surface area contributed by atoms with Crippen LogP contribution in [0.5, 0.6) is 5.75 Å². The Bertz CT molecular complexity index is 1290. The number of hydrogen-bond acceptors (Lipinski definition) is 4. The van der Waals surface area contributed by atoms with Crippen LogP contribution in [0.4, 0.5) is 0 Å². The van der Waals surface area contributed by atoms with Crippen molar-refractivity contribution in [3.8, 4) is 23.1 Å². The lowest BCUT2D eigenvalue weighted by atomic mass is 9.85. The van der Waals surface area contributed by atoms with Crippen molar-refractivity contribution in [3.63, 3.8) is 0 Å². The molecular weight excluding hydrogens is 463 g/mol. The molecule has 2 aromatic carbocycles. The van der Waals surface area contributed by atoms with Gasteiger partial charge >= 0.3 is 0 Å². The SMILES string of the molecule is Cc1cc(-c2nc3ccc4[nH]nc(C#N)c4c3c3c2CCCC3)cc(I)c1O. The van der Waals surface area contributed by atoms with Gasteiger partial charge in [0.05, 0.1) is 20.3 Å². The number of aryl methyl sites for hydroxylation is 2. The van der Waals surface area contributed by atoms with Gasteiger partial charge < -0.3 is 5.11 Å². The predicted octanol–water partition coefficient (Wildman–Crippen LogP) is 5.15. The van der Waals surface area contributed by atoms with Crippen LogP contribution in [0.25, 0.3) is 33.1 Å². The Morgan fingerprint density at radius 3 is 2.68 bits per heavy atom. The van der Waals surface area contributed by atoms with Crippen LogP contribution in [0, 0.1) is 21.8 Å². The number of pyridine rings is 1. The maximum Gasteiger partial charge on any atom is 0.170 e. The normalized spacial score (nSPS) is 13.6. The molecule has 0 radical (unpaired) electrons. The van der Waals surface area contributed by atoms with Crippen molar-refractivity contribution in [2.24, 2.45) is 0 Å². The number of benzene rings is 2. The molecule has 0 bridgehead atoms. The fraction of sp³-hybridized carbons (Fsp3) is 0.227. The van der Waals surface area contributed by atoms with Gasteiger partial charge in [0.2, 0.25) is 0 Å². The summed E-state index contributed by atoms with van der Waals surface area (Å²) in [6.07, 6.45) is 4.21. The molecule has 0 saturated carbocycles. The highest BCUT2D eigenvalue weighted by Gasteiger charge is 2.23. The van der Waals surface area contributed by atoms with E-state index in [4.69, 9.17) is 4.98 Å². The molecule has 138 valence electrons. The number of aromatic hydroxyl groups is 1. The Hall–Kier alpha value is -2.66. The summed E-state index contributed by atoms with van der Waals surface area (Å²) < 4.78 is 0.830. The first-order valence-corrected chi connectivity index (χ1v) is 10.4.